The number of pyridine rings is 1. The highest BCUT2D eigenvalue weighted by Crippen LogP contribution is 2.17. The van der Waals surface area contributed by atoms with Crippen LogP contribution in [0.1, 0.15) is 37.8 Å². The van der Waals surface area contributed by atoms with E-state index in [4.69, 9.17) is 11.1 Å². The number of carbonyl (C=O) groups excluding carboxylic acids is 1. The first-order chi connectivity index (χ1) is 9.66. The van der Waals surface area contributed by atoms with E-state index in [-0.39, 0.29) is 24.6 Å². The standard InChI is InChI=1S/C14H21N5O/c15-13(16)19(10-12-8-4-5-9-17-12)14(20)18-11-6-2-1-3-7-11/h4-5,8-9,11H,1-3,6-7,10H2,(H3,15,16)(H,18,20). The minimum atomic E-state index is -0.310. The molecule has 1 aromatic heterocycles. The summed E-state index contributed by atoms with van der Waals surface area (Å²) in [5, 5.41) is 10.5. The summed E-state index contributed by atoms with van der Waals surface area (Å²) < 4.78 is 0. The van der Waals surface area contributed by atoms with Crippen LogP contribution >= 0.6 is 0 Å². The number of nitrogens with two attached hydrogens (primary N) is 1. The summed E-state index contributed by atoms with van der Waals surface area (Å²) in [6.07, 6.45) is 7.18. The van der Waals surface area contributed by atoms with Gasteiger partial charge in [0.1, 0.15) is 0 Å². The Bertz CT molecular complexity index is 456. The molecule has 2 rings (SSSR count). The second kappa shape index (κ2) is 6.88. The van der Waals surface area contributed by atoms with E-state index < -0.39 is 0 Å². The molecule has 0 unspecified atom stereocenters. The summed E-state index contributed by atoms with van der Waals surface area (Å²) in [7, 11) is 0. The number of guanidine groups is 1. The minimum absolute atomic E-state index is 0.196. The van der Waals surface area contributed by atoms with Crippen molar-refractivity contribution >= 4 is 12.0 Å². The van der Waals surface area contributed by atoms with Crippen molar-refractivity contribution in [2.75, 3.05) is 0 Å². The third kappa shape index (κ3) is 3.94. The van der Waals surface area contributed by atoms with Crippen LogP contribution in [-0.4, -0.2) is 27.9 Å². The van der Waals surface area contributed by atoms with Gasteiger partial charge in [-0.1, -0.05) is 25.3 Å². The summed E-state index contributed by atoms with van der Waals surface area (Å²) in [5.41, 5.74) is 6.22. The normalized spacial score (nSPS) is 15.6. The van der Waals surface area contributed by atoms with E-state index >= 15 is 0 Å². The molecule has 1 fully saturated rings. The molecule has 1 aliphatic rings. The second-order valence-corrected chi connectivity index (χ2v) is 5.08. The van der Waals surface area contributed by atoms with Crippen molar-refractivity contribution in [3.05, 3.63) is 30.1 Å². The van der Waals surface area contributed by atoms with Gasteiger partial charge in [-0.2, -0.15) is 0 Å². The van der Waals surface area contributed by atoms with Crippen molar-refractivity contribution < 1.29 is 4.79 Å². The highest BCUT2D eigenvalue weighted by Gasteiger charge is 2.22. The van der Waals surface area contributed by atoms with Gasteiger partial charge in [0.2, 0.25) is 0 Å². The van der Waals surface area contributed by atoms with Crippen molar-refractivity contribution in [3.8, 4) is 0 Å². The molecule has 0 bridgehead atoms. The molecule has 0 spiro atoms. The van der Waals surface area contributed by atoms with Gasteiger partial charge >= 0.3 is 6.03 Å². The number of urea groups is 1. The van der Waals surface area contributed by atoms with E-state index in [2.05, 4.69) is 10.3 Å². The summed E-state index contributed by atoms with van der Waals surface area (Å²) in [4.78, 5) is 17.6. The number of carbonyl (C=O) groups is 1. The van der Waals surface area contributed by atoms with E-state index in [9.17, 15) is 4.79 Å². The van der Waals surface area contributed by atoms with Crippen LogP contribution in [0.25, 0.3) is 0 Å². The lowest BCUT2D eigenvalue weighted by atomic mass is 9.96. The van der Waals surface area contributed by atoms with Gasteiger partial charge < -0.3 is 11.1 Å². The Hall–Kier alpha value is -2.11. The topological polar surface area (TPSA) is 95.1 Å². The SMILES string of the molecule is N=C(N)N(Cc1ccccn1)C(=O)NC1CCCCC1. The van der Waals surface area contributed by atoms with Crippen molar-refractivity contribution in [1.82, 2.24) is 15.2 Å². The number of amides is 2. The highest BCUT2D eigenvalue weighted by molar-refractivity contribution is 5.93. The van der Waals surface area contributed by atoms with Crippen LogP contribution in [0.4, 0.5) is 4.79 Å². The van der Waals surface area contributed by atoms with E-state index in [0.717, 1.165) is 25.7 Å². The maximum absolute atomic E-state index is 12.2. The Morgan fingerprint density at radius 1 is 1.40 bits per heavy atom. The molecule has 0 saturated heterocycles. The second-order valence-electron chi connectivity index (χ2n) is 5.08. The fraction of sp³-hybridized carbons (Fsp3) is 0.500. The highest BCUT2D eigenvalue weighted by atomic mass is 16.2. The lowest BCUT2D eigenvalue weighted by Gasteiger charge is -2.27. The van der Waals surface area contributed by atoms with Crippen LogP contribution in [0.2, 0.25) is 0 Å². The van der Waals surface area contributed by atoms with Crippen molar-refractivity contribution in [2.45, 2.75) is 44.7 Å². The monoisotopic (exact) mass is 275 g/mol. The van der Waals surface area contributed by atoms with E-state index in [0.29, 0.717) is 5.69 Å². The third-order valence-electron chi connectivity index (χ3n) is 3.51. The van der Waals surface area contributed by atoms with Crippen LogP contribution in [0.3, 0.4) is 0 Å². The Kier molecular flexibility index (Phi) is 4.92. The average Bonchev–Trinajstić information content (AvgIpc) is 2.46. The number of hydrogen-bond donors (Lipinski definition) is 3. The zero-order valence-corrected chi connectivity index (χ0v) is 11.5. The first kappa shape index (κ1) is 14.3. The Balaban J connectivity index is 1.97. The molecule has 1 heterocycles. The number of rotatable bonds is 3. The van der Waals surface area contributed by atoms with Gasteiger partial charge in [0.15, 0.2) is 5.96 Å². The molecule has 6 heteroatoms. The smallest absolute Gasteiger partial charge is 0.324 e. The maximum atomic E-state index is 12.2. The Morgan fingerprint density at radius 2 is 2.15 bits per heavy atom. The quantitative estimate of drug-likeness (QED) is 0.580. The van der Waals surface area contributed by atoms with E-state index in [1.54, 1.807) is 6.20 Å². The minimum Gasteiger partial charge on any atom is -0.370 e. The summed E-state index contributed by atoms with van der Waals surface area (Å²) in [6.45, 7) is 0.217. The molecule has 2 amide bonds. The summed E-state index contributed by atoms with van der Waals surface area (Å²) in [6, 6.07) is 5.35. The number of nitrogens with zero attached hydrogens (tertiary/aromatic N) is 2. The third-order valence-corrected chi connectivity index (χ3v) is 3.51. The van der Waals surface area contributed by atoms with E-state index in [1.807, 2.05) is 18.2 Å². The molecule has 4 N–H and O–H groups in total. The molecular formula is C14H21N5O. The number of aromatic nitrogens is 1. The van der Waals surface area contributed by atoms with Crippen LogP contribution in [0.5, 0.6) is 0 Å². The van der Waals surface area contributed by atoms with Gasteiger partial charge in [-0.3, -0.25) is 15.3 Å². The number of hydrogen-bond acceptors (Lipinski definition) is 3. The fourth-order valence-corrected chi connectivity index (χ4v) is 2.42. The molecule has 0 atom stereocenters. The first-order valence-electron chi connectivity index (χ1n) is 6.99. The molecule has 0 aliphatic heterocycles. The first-order valence-corrected chi connectivity index (χ1v) is 6.99. The summed E-state index contributed by atoms with van der Waals surface area (Å²) >= 11 is 0. The van der Waals surface area contributed by atoms with Crippen molar-refractivity contribution in [3.63, 3.8) is 0 Å². The zero-order chi connectivity index (χ0) is 14.4. The molecule has 0 aromatic carbocycles. The van der Waals surface area contributed by atoms with E-state index in [1.165, 1.54) is 11.3 Å². The van der Waals surface area contributed by atoms with Crippen LogP contribution in [0.15, 0.2) is 24.4 Å². The van der Waals surface area contributed by atoms with Crippen LogP contribution < -0.4 is 11.1 Å². The molecule has 6 nitrogen and oxygen atoms in total. The lowest BCUT2D eigenvalue weighted by molar-refractivity contribution is 0.210. The fourth-order valence-electron chi connectivity index (χ4n) is 2.42. The molecule has 1 aliphatic carbocycles. The van der Waals surface area contributed by atoms with Gasteiger partial charge in [-0.25, -0.2) is 4.79 Å². The Morgan fingerprint density at radius 3 is 2.75 bits per heavy atom. The van der Waals surface area contributed by atoms with Gasteiger partial charge in [0, 0.05) is 12.2 Å². The molecule has 1 saturated carbocycles. The molecule has 20 heavy (non-hydrogen) atoms. The van der Waals surface area contributed by atoms with Crippen molar-refractivity contribution in [1.29, 1.82) is 5.41 Å². The number of nitrogens with one attached hydrogen (secondary N) is 2. The van der Waals surface area contributed by atoms with Crippen molar-refractivity contribution in [2.24, 2.45) is 5.73 Å². The predicted octanol–water partition coefficient (Wildman–Crippen LogP) is 1.82. The van der Waals surface area contributed by atoms with Gasteiger partial charge in [0.25, 0.3) is 0 Å². The molecule has 108 valence electrons. The van der Waals surface area contributed by atoms with Crippen LogP contribution in [-0.2, 0) is 6.54 Å². The Labute approximate surface area is 118 Å². The zero-order valence-electron chi connectivity index (χ0n) is 11.5. The molecule has 1 aromatic rings. The van der Waals surface area contributed by atoms with Gasteiger partial charge in [-0.05, 0) is 25.0 Å². The molecule has 0 radical (unpaired) electrons. The van der Waals surface area contributed by atoms with Gasteiger partial charge in [0.05, 0.1) is 12.2 Å². The lowest BCUT2D eigenvalue weighted by Crippen LogP contribution is -2.49. The summed E-state index contributed by atoms with van der Waals surface area (Å²) in [5.74, 6) is -0.260. The maximum Gasteiger partial charge on any atom is 0.324 e. The molecular weight excluding hydrogens is 254 g/mol. The largest absolute Gasteiger partial charge is 0.370 e. The average molecular weight is 275 g/mol. The van der Waals surface area contributed by atoms with Gasteiger partial charge in [-0.15, -0.1) is 0 Å². The van der Waals surface area contributed by atoms with Crippen LogP contribution in [0, 0.1) is 5.41 Å². The predicted molar refractivity (Wildman–Crippen MR) is 77.1 cm³/mol.